The van der Waals surface area contributed by atoms with Crippen molar-refractivity contribution < 1.29 is 4.79 Å². The molecule has 3 rings (SSSR count). The molecule has 138 valence electrons. The maximum absolute atomic E-state index is 12.8. The predicted octanol–water partition coefficient (Wildman–Crippen LogP) is 2.25. The van der Waals surface area contributed by atoms with Gasteiger partial charge in [0.15, 0.2) is 0 Å². The Labute approximate surface area is 160 Å². The topological polar surface area (TPSA) is 75.4 Å². The summed E-state index contributed by atoms with van der Waals surface area (Å²) >= 11 is 1.43. The van der Waals surface area contributed by atoms with Gasteiger partial charge in [-0.1, -0.05) is 12.8 Å². The second-order valence-corrected chi connectivity index (χ2v) is 7.47. The van der Waals surface area contributed by atoms with Gasteiger partial charge >= 0.3 is 0 Å². The van der Waals surface area contributed by atoms with Crippen LogP contribution in [0.3, 0.4) is 0 Å². The van der Waals surface area contributed by atoms with Crippen molar-refractivity contribution in [2.24, 2.45) is 11.7 Å². The van der Waals surface area contributed by atoms with Crippen molar-refractivity contribution in [1.29, 1.82) is 0 Å². The highest BCUT2D eigenvalue weighted by Crippen LogP contribution is 2.33. The number of rotatable bonds is 2. The Bertz CT molecular complexity index is 546. The average Bonchev–Trinajstić information content (AvgIpc) is 2.93. The number of anilines is 1. The highest BCUT2D eigenvalue weighted by molar-refractivity contribution is 7.09. The number of carbonyl (C=O) groups excluding carboxylic acids is 1. The molecule has 2 atom stereocenters. The molecule has 2 unspecified atom stereocenters. The van der Waals surface area contributed by atoms with Crippen molar-refractivity contribution in [1.82, 2.24) is 14.3 Å². The van der Waals surface area contributed by atoms with Gasteiger partial charge in [-0.2, -0.15) is 4.37 Å². The summed E-state index contributed by atoms with van der Waals surface area (Å²) in [6.07, 6.45) is 4.14. The third kappa shape index (κ3) is 4.50. The fourth-order valence-corrected chi connectivity index (χ4v) is 4.24. The third-order valence-corrected chi connectivity index (χ3v) is 5.80. The number of carbonyl (C=O) groups is 1. The van der Waals surface area contributed by atoms with Crippen LogP contribution in [0.25, 0.3) is 0 Å². The Hall–Kier alpha value is -0.630. The molecule has 0 bridgehead atoms. The fourth-order valence-electron chi connectivity index (χ4n) is 3.52. The van der Waals surface area contributed by atoms with E-state index in [4.69, 9.17) is 5.73 Å². The van der Waals surface area contributed by atoms with Crippen LogP contribution in [0.1, 0.15) is 38.4 Å². The Balaban J connectivity index is 0.00000144. The summed E-state index contributed by atoms with van der Waals surface area (Å²) in [6, 6.07) is 0. The molecule has 1 amide bonds. The van der Waals surface area contributed by atoms with Crippen LogP contribution < -0.4 is 10.6 Å². The summed E-state index contributed by atoms with van der Waals surface area (Å²) in [7, 11) is 0. The summed E-state index contributed by atoms with van der Waals surface area (Å²) in [4.78, 5) is 21.5. The Morgan fingerprint density at radius 3 is 2.46 bits per heavy atom. The minimum atomic E-state index is -0.344. The van der Waals surface area contributed by atoms with Gasteiger partial charge in [0, 0.05) is 43.3 Å². The highest BCUT2D eigenvalue weighted by atomic mass is 35.5. The van der Waals surface area contributed by atoms with Gasteiger partial charge in [0.25, 0.3) is 0 Å². The van der Waals surface area contributed by atoms with Crippen molar-refractivity contribution in [3.05, 3.63) is 5.82 Å². The summed E-state index contributed by atoms with van der Waals surface area (Å²) in [5.41, 5.74) is 6.03. The van der Waals surface area contributed by atoms with Crippen molar-refractivity contribution in [2.75, 3.05) is 31.1 Å². The number of hydrogen-bond donors (Lipinski definition) is 1. The lowest BCUT2D eigenvalue weighted by Crippen LogP contribution is -2.57. The van der Waals surface area contributed by atoms with Crippen LogP contribution >= 0.6 is 36.3 Å². The fraction of sp³-hybridized carbons (Fsp3) is 0.800. The lowest BCUT2D eigenvalue weighted by molar-refractivity contribution is -0.139. The van der Waals surface area contributed by atoms with E-state index in [-0.39, 0.29) is 42.2 Å². The van der Waals surface area contributed by atoms with E-state index in [0.717, 1.165) is 62.8 Å². The molecule has 2 fully saturated rings. The molecule has 0 radical (unpaired) electrons. The minimum Gasteiger partial charge on any atom is -0.343 e. The molecular formula is C15H27Cl2N5OS. The highest BCUT2D eigenvalue weighted by Gasteiger charge is 2.40. The molecule has 1 aliphatic carbocycles. The molecule has 1 saturated carbocycles. The zero-order valence-electron chi connectivity index (χ0n) is 14.2. The van der Waals surface area contributed by atoms with Crippen molar-refractivity contribution in [3.8, 4) is 0 Å². The zero-order chi connectivity index (χ0) is 15.7. The van der Waals surface area contributed by atoms with E-state index in [1.165, 1.54) is 11.5 Å². The SMILES string of the molecule is Cc1nsc(N2CCN(C(=O)C3CCCCC3(C)N)CC2)n1.Cl.Cl. The van der Waals surface area contributed by atoms with Crippen LogP contribution in [0.15, 0.2) is 0 Å². The smallest absolute Gasteiger partial charge is 0.227 e. The summed E-state index contributed by atoms with van der Waals surface area (Å²) in [5, 5.41) is 0.964. The van der Waals surface area contributed by atoms with Gasteiger partial charge in [-0.15, -0.1) is 24.8 Å². The molecule has 24 heavy (non-hydrogen) atoms. The molecule has 0 spiro atoms. The van der Waals surface area contributed by atoms with Crippen LogP contribution in [0.5, 0.6) is 0 Å². The molecule has 2 N–H and O–H groups in total. The van der Waals surface area contributed by atoms with Gasteiger partial charge in [-0.25, -0.2) is 4.98 Å². The minimum absolute atomic E-state index is 0. The number of aromatic nitrogens is 2. The van der Waals surface area contributed by atoms with E-state index < -0.39 is 0 Å². The third-order valence-electron chi connectivity index (χ3n) is 4.93. The van der Waals surface area contributed by atoms with Crippen LogP contribution in [0.2, 0.25) is 0 Å². The largest absolute Gasteiger partial charge is 0.343 e. The van der Waals surface area contributed by atoms with E-state index in [1.54, 1.807) is 0 Å². The first-order valence-electron chi connectivity index (χ1n) is 8.10. The lowest BCUT2D eigenvalue weighted by Gasteiger charge is -2.42. The van der Waals surface area contributed by atoms with E-state index in [9.17, 15) is 4.79 Å². The van der Waals surface area contributed by atoms with Crippen molar-refractivity contribution >= 4 is 47.4 Å². The standard InChI is InChI=1S/C15H25N5OS.2ClH/c1-11-17-14(22-18-11)20-9-7-19(8-10-20)13(21)12-5-3-4-6-15(12,2)16;;/h12H,3-10,16H2,1-2H3;2*1H. The number of piperazine rings is 1. The van der Waals surface area contributed by atoms with Gasteiger partial charge in [-0.3, -0.25) is 4.79 Å². The van der Waals surface area contributed by atoms with Crippen LogP contribution in [0.4, 0.5) is 5.13 Å². The average molecular weight is 396 g/mol. The number of aryl methyl sites for hydroxylation is 1. The molecular weight excluding hydrogens is 369 g/mol. The summed E-state index contributed by atoms with van der Waals surface area (Å²) in [5.74, 6) is 1.05. The Morgan fingerprint density at radius 1 is 1.25 bits per heavy atom. The number of hydrogen-bond acceptors (Lipinski definition) is 6. The first-order chi connectivity index (χ1) is 10.5. The molecule has 2 heterocycles. The van der Waals surface area contributed by atoms with E-state index in [0.29, 0.717) is 0 Å². The molecule has 2 aliphatic rings. The van der Waals surface area contributed by atoms with Crippen LogP contribution in [-0.2, 0) is 4.79 Å². The quantitative estimate of drug-likeness (QED) is 0.830. The Kier molecular flexibility index (Phi) is 7.72. The van der Waals surface area contributed by atoms with Crippen LogP contribution in [0, 0.1) is 12.8 Å². The maximum Gasteiger partial charge on any atom is 0.227 e. The normalized spacial score (nSPS) is 27.2. The zero-order valence-corrected chi connectivity index (χ0v) is 16.7. The molecule has 1 aliphatic heterocycles. The van der Waals surface area contributed by atoms with E-state index >= 15 is 0 Å². The van der Waals surface area contributed by atoms with Gasteiger partial charge in [0.1, 0.15) is 5.82 Å². The molecule has 6 nitrogen and oxygen atoms in total. The first kappa shape index (κ1) is 21.4. The summed E-state index contributed by atoms with van der Waals surface area (Å²) < 4.78 is 4.23. The monoisotopic (exact) mass is 395 g/mol. The molecule has 1 aromatic rings. The Morgan fingerprint density at radius 2 is 1.92 bits per heavy atom. The van der Waals surface area contributed by atoms with Crippen molar-refractivity contribution in [3.63, 3.8) is 0 Å². The molecule has 9 heteroatoms. The van der Waals surface area contributed by atoms with Crippen LogP contribution in [-0.4, -0.2) is 51.9 Å². The van der Waals surface area contributed by atoms with Gasteiger partial charge in [0.2, 0.25) is 11.0 Å². The maximum atomic E-state index is 12.8. The molecule has 0 aromatic carbocycles. The second-order valence-electron chi connectivity index (χ2n) is 6.74. The second kappa shape index (κ2) is 8.65. The molecule has 1 aromatic heterocycles. The summed E-state index contributed by atoms with van der Waals surface area (Å²) in [6.45, 7) is 7.11. The molecule has 1 saturated heterocycles. The number of amides is 1. The van der Waals surface area contributed by atoms with Gasteiger partial charge in [0.05, 0.1) is 5.92 Å². The number of nitrogens with two attached hydrogens (primary N) is 1. The van der Waals surface area contributed by atoms with Gasteiger partial charge in [-0.05, 0) is 26.7 Å². The van der Waals surface area contributed by atoms with Crippen molar-refractivity contribution in [2.45, 2.75) is 45.1 Å². The lowest BCUT2D eigenvalue weighted by atomic mass is 9.74. The van der Waals surface area contributed by atoms with Gasteiger partial charge < -0.3 is 15.5 Å². The van der Waals surface area contributed by atoms with E-state index in [2.05, 4.69) is 14.3 Å². The number of halogens is 2. The number of nitrogens with zero attached hydrogens (tertiary/aromatic N) is 4. The van der Waals surface area contributed by atoms with E-state index in [1.807, 2.05) is 18.7 Å². The first-order valence-corrected chi connectivity index (χ1v) is 8.87. The predicted molar refractivity (Wildman–Crippen MR) is 102 cm³/mol.